The molecule has 3 N–H and O–H groups in total. The molecule has 19 heavy (non-hydrogen) atoms. The summed E-state index contributed by atoms with van der Waals surface area (Å²) >= 11 is 0. The van der Waals surface area contributed by atoms with Gasteiger partial charge in [-0.1, -0.05) is 0 Å². The molecule has 6 heteroatoms. The number of carbonyl (C=O) groups excluding carboxylic acids is 1. The summed E-state index contributed by atoms with van der Waals surface area (Å²) < 4.78 is 5.60. The fourth-order valence-corrected chi connectivity index (χ4v) is 2.07. The van der Waals surface area contributed by atoms with Gasteiger partial charge in [0.1, 0.15) is 0 Å². The predicted octanol–water partition coefficient (Wildman–Crippen LogP) is 1.77. The molecule has 106 valence electrons. The zero-order valence-electron chi connectivity index (χ0n) is 10.8. The smallest absolute Gasteiger partial charge is 0.254 e. The molecule has 1 aromatic rings. The van der Waals surface area contributed by atoms with Crippen molar-refractivity contribution in [1.82, 2.24) is 10.3 Å². The van der Waals surface area contributed by atoms with E-state index in [2.05, 4.69) is 10.3 Å². The van der Waals surface area contributed by atoms with Gasteiger partial charge in [0, 0.05) is 31.2 Å². The lowest BCUT2D eigenvalue weighted by atomic mass is 10.1. The van der Waals surface area contributed by atoms with Crippen LogP contribution in [0.3, 0.4) is 0 Å². The highest BCUT2D eigenvalue weighted by Gasteiger charge is 2.14. The van der Waals surface area contributed by atoms with Gasteiger partial charge in [0.15, 0.2) is 0 Å². The highest BCUT2D eigenvalue weighted by Crippen LogP contribution is 2.15. The molecule has 0 aliphatic carbocycles. The third-order valence-corrected chi connectivity index (χ3v) is 3.13. The molecule has 0 bridgehead atoms. The highest BCUT2D eigenvalue weighted by atomic mass is 35.5. The average Bonchev–Trinajstić information content (AvgIpc) is 2.40. The number of rotatable bonds is 4. The fraction of sp³-hybridized carbons (Fsp3) is 0.538. The van der Waals surface area contributed by atoms with Gasteiger partial charge in [0.05, 0.1) is 11.7 Å². The lowest BCUT2D eigenvalue weighted by Crippen LogP contribution is -2.29. The Labute approximate surface area is 119 Å². The summed E-state index contributed by atoms with van der Waals surface area (Å²) in [5.41, 5.74) is 6.60. The van der Waals surface area contributed by atoms with Crippen molar-refractivity contribution >= 4 is 24.0 Å². The Bertz CT molecular complexity index is 409. The summed E-state index contributed by atoms with van der Waals surface area (Å²) in [6.45, 7) is 1.45. The van der Waals surface area contributed by atoms with Crippen LogP contribution in [0.5, 0.6) is 0 Å². The van der Waals surface area contributed by atoms with E-state index in [1.807, 2.05) is 0 Å². The van der Waals surface area contributed by atoms with Crippen LogP contribution >= 0.6 is 12.4 Å². The Morgan fingerprint density at radius 1 is 1.53 bits per heavy atom. The SMILES string of the molecule is Cl.Nc1ccncc1C(=O)NCCC1CCCCO1. The van der Waals surface area contributed by atoms with Gasteiger partial charge < -0.3 is 15.8 Å². The van der Waals surface area contributed by atoms with Crippen molar-refractivity contribution in [2.24, 2.45) is 0 Å². The highest BCUT2D eigenvalue weighted by molar-refractivity contribution is 5.98. The third-order valence-electron chi connectivity index (χ3n) is 3.13. The van der Waals surface area contributed by atoms with Crippen LogP contribution in [0.1, 0.15) is 36.0 Å². The Balaban J connectivity index is 0.00000180. The molecule has 1 saturated heterocycles. The molecule has 1 amide bonds. The summed E-state index contributed by atoms with van der Waals surface area (Å²) in [5, 5.41) is 2.85. The number of carbonyl (C=O) groups is 1. The van der Waals surface area contributed by atoms with E-state index in [1.165, 1.54) is 12.6 Å². The molecule has 1 unspecified atom stereocenters. The number of nitrogens with zero attached hydrogens (tertiary/aromatic N) is 1. The van der Waals surface area contributed by atoms with E-state index in [0.717, 1.165) is 25.9 Å². The van der Waals surface area contributed by atoms with Crippen LogP contribution in [0.4, 0.5) is 5.69 Å². The zero-order valence-corrected chi connectivity index (χ0v) is 11.6. The number of nitrogens with one attached hydrogen (secondary N) is 1. The van der Waals surface area contributed by atoms with Gasteiger partial charge >= 0.3 is 0 Å². The zero-order chi connectivity index (χ0) is 12.8. The average molecular weight is 286 g/mol. The maximum absolute atomic E-state index is 11.8. The molecule has 1 aliphatic rings. The Kier molecular flexibility index (Phi) is 6.59. The van der Waals surface area contributed by atoms with Crippen molar-refractivity contribution in [3.8, 4) is 0 Å². The summed E-state index contributed by atoms with van der Waals surface area (Å²) in [4.78, 5) is 15.7. The molecule has 1 fully saturated rings. The van der Waals surface area contributed by atoms with Crippen LogP contribution in [-0.2, 0) is 4.74 Å². The summed E-state index contributed by atoms with van der Waals surface area (Å²) in [7, 11) is 0. The molecule has 0 saturated carbocycles. The minimum absolute atomic E-state index is 0. The molecule has 2 heterocycles. The van der Waals surface area contributed by atoms with E-state index in [9.17, 15) is 4.79 Å². The molecule has 5 nitrogen and oxygen atoms in total. The quantitative estimate of drug-likeness (QED) is 0.884. The molecule has 0 aromatic carbocycles. The molecule has 0 radical (unpaired) electrons. The van der Waals surface area contributed by atoms with Crippen molar-refractivity contribution in [2.75, 3.05) is 18.9 Å². The van der Waals surface area contributed by atoms with E-state index in [0.29, 0.717) is 17.8 Å². The molecular formula is C13H20ClN3O2. The van der Waals surface area contributed by atoms with Gasteiger partial charge in [-0.3, -0.25) is 9.78 Å². The number of amides is 1. The largest absolute Gasteiger partial charge is 0.398 e. The Morgan fingerprint density at radius 2 is 2.37 bits per heavy atom. The number of hydrogen-bond donors (Lipinski definition) is 2. The topological polar surface area (TPSA) is 77.2 Å². The standard InChI is InChI=1S/C13H19N3O2.ClH/c14-12-5-6-15-9-11(12)13(17)16-7-4-10-3-1-2-8-18-10;/h5-6,9-10H,1-4,7-8H2,(H2,14,15)(H,16,17);1H. The number of pyridine rings is 1. The maximum Gasteiger partial charge on any atom is 0.254 e. The molecule has 1 aliphatic heterocycles. The molecular weight excluding hydrogens is 266 g/mol. The Morgan fingerprint density at radius 3 is 3.05 bits per heavy atom. The lowest BCUT2D eigenvalue weighted by molar-refractivity contribution is 0.0117. The van der Waals surface area contributed by atoms with Gasteiger partial charge in [-0.05, 0) is 31.7 Å². The number of halogens is 1. The number of nitrogen functional groups attached to an aromatic ring is 1. The van der Waals surface area contributed by atoms with Gasteiger partial charge in [-0.25, -0.2) is 0 Å². The number of hydrogen-bond acceptors (Lipinski definition) is 4. The normalized spacial score (nSPS) is 18.4. The predicted molar refractivity (Wildman–Crippen MR) is 76.4 cm³/mol. The monoisotopic (exact) mass is 285 g/mol. The van der Waals surface area contributed by atoms with E-state index >= 15 is 0 Å². The van der Waals surface area contributed by atoms with Crippen molar-refractivity contribution in [3.05, 3.63) is 24.0 Å². The molecule has 2 rings (SSSR count). The lowest BCUT2D eigenvalue weighted by Gasteiger charge is -2.22. The van der Waals surface area contributed by atoms with Crippen LogP contribution < -0.4 is 11.1 Å². The first kappa shape index (κ1) is 15.7. The van der Waals surface area contributed by atoms with Gasteiger partial charge in [0.2, 0.25) is 0 Å². The number of ether oxygens (including phenoxy) is 1. The van der Waals surface area contributed by atoms with Crippen molar-refractivity contribution in [1.29, 1.82) is 0 Å². The van der Waals surface area contributed by atoms with Gasteiger partial charge in [-0.2, -0.15) is 0 Å². The minimum atomic E-state index is -0.170. The van der Waals surface area contributed by atoms with Crippen LogP contribution in [0.2, 0.25) is 0 Å². The van der Waals surface area contributed by atoms with Crippen LogP contribution in [0.25, 0.3) is 0 Å². The summed E-state index contributed by atoms with van der Waals surface area (Å²) in [6, 6.07) is 1.62. The Hall–Kier alpha value is -1.33. The number of anilines is 1. The van der Waals surface area contributed by atoms with Crippen LogP contribution in [-0.4, -0.2) is 30.1 Å². The van der Waals surface area contributed by atoms with Crippen molar-refractivity contribution in [2.45, 2.75) is 31.8 Å². The fourth-order valence-electron chi connectivity index (χ4n) is 2.07. The molecule has 1 aromatic heterocycles. The van der Waals surface area contributed by atoms with Crippen LogP contribution in [0, 0.1) is 0 Å². The first-order valence-corrected chi connectivity index (χ1v) is 6.36. The summed E-state index contributed by atoms with van der Waals surface area (Å²) in [5.74, 6) is -0.170. The second-order valence-electron chi connectivity index (χ2n) is 4.50. The van der Waals surface area contributed by atoms with Gasteiger partial charge in [0.25, 0.3) is 5.91 Å². The molecule has 0 spiro atoms. The second kappa shape index (κ2) is 7.96. The first-order chi connectivity index (χ1) is 8.77. The first-order valence-electron chi connectivity index (χ1n) is 6.36. The summed E-state index contributed by atoms with van der Waals surface area (Å²) in [6.07, 6.45) is 7.65. The molecule has 1 atom stereocenters. The van der Waals surface area contributed by atoms with Gasteiger partial charge in [-0.15, -0.1) is 12.4 Å². The van der Waals surface area contributed by atoms with E-state index in [4.69, 9.17) is 10.5 Å². The van der Waals surface area contributed by atoms with Crippen molar-refractivity contribution < 1.29 is 9.53 Å². The maximum atomic E-state index is 11.8. The second-order valence-corrected chi connectivity index (χ2v) is 4.50. The number of nitrogens with two attached hydrogens (primary N) is 1. The van der Waals surface area contributed by atoms with E-state index in [-0.39, 0.29) is 24.4 Å². The van der Waals surface area contributed by atoms with E-state index in [1.54, 1.807) is 12.3 Å². The van der Waals surface area contributed by atoms with Crippen LogP contribution in [0.15, 0.2) is 18.5 Å². The van der Waals surface area contributed by atoms with Crippen molar-refractivity contribution in [3.63, 3.8) is 0 Å². The van der Waals surface area contributed by atoms with E-state index < -0.39 is 0 Å². The number of aromatic nitrogens is 1. The third kappa shape index (κ3) is 4.69. The minimum Gasteiger partial charge on any atom is -0.398 e.